The van der Waals surface area contributed by atoms with E-state index in [0.717, 1.165) is 13.0 Å². The van der Waals surface area contributed by atoms with Crippen molar-refractivity contribution in [3.8, 4) is 0 Å². The van der Waals surface area contributed by atoms with Crippen LogP contribution in [0.3, 0.4) is 0 Å². The summed E-state index contributed by atoms with van der Waals surface area (Å²) in [6.45, 7) is 5.47. The maximum atomic E-state index is 12.4. The van der Waals surface area contributed by atoms with Crippen molar-refractivity contribution in [2.45, 2.75) is 26.3 Å². The number of hydrogen-bond acceptors (Lipinski definition) is 3. The largest absolute Gasteiger partial charge is 0.366 e. The van der Waals surface area contributed by atoms with E-state index >= 15 is 0 Å². The van der Waals surface area contributed by atoms with Crippen LogP contribution in [0.4, 0.5) is 5.69 Å². The van der Waals surface area contributed by atoms with E-state index in [4.69, 9.17) is 11.6 Å². The molecule has 0 aliphatic carbocycles. The molecule has 0 saturated carbocycles. The van der Waals surface area contributed by atoms with Crippen molar-refractivity contribution in [2.24, 2.45) is 7.05 Å². The lowest BCUT2D eigenvalue weighted by atomic mass is 10.1. The molecular weight excluding hydrogens is 312 g/mol. The number of anilines is 1. The van der Waals surface area contributed by atoms with Gasteiger partial charge in [-0.3, -0.25) is 9.48 Å². The Balaban J connectivity index is 1.66. The number of fused-ring (bicyclic) bond motifs is 1. The number of rotatable bonds is 4. The standard InChI is InChI=1S/C17H21ClN4O/c1-11(22-9-8-13-6-4-5-7-14(13)22)10-19-17(23)15-12(2)20-21(3)16(15)18/h4-7,11H,8-10H2,1-3H3,(H,19,23)/t11-/m0/s1. The van der Waals surface area contributed by atoms with E-state index in [0.29, 0.717) is 23.0 Å². The molecule has 0 bridgehead atoms. The van der Waals surface area contributed by atoms with Gasteiger partial charge >= 0.3 is 0 Å². The second kappa shape index (κ2) is 6.24. The Morgan fingerprint density at radius 3 is 2.87 bits per heavy atom. The Kier molecular flexibility index (Phi) is 4.31. The third-order valence-corrected chi connectivity index (χ3v) is 4.83. The van der Waals surface area contributed by atoms with Crippen molar-refractivity contribution in [1.82, 2.24) is 15.1 Å². The van der Waals surface area contributed by atoms with Crippen molar-refractivity contribution in [2.75, 3.05) is 18.0 Å². The van der Waals surface area contributed by atoms with Crippen molar-refractivity contribution in [3.05, 3.63) is 46.2 Å². The summed E-state index contributed by atoms with van der Waals surface area (Å²) in [6, 6.07) is 8.66. The first-order valence-corrected chi connectivity index (χ1v) is 8.18. The highest BCUT2D eigenvalue weighted by atomic mass is 35.5. The molecule has 1 aromatic heterocycles. The van der Waals surface area contributed by atoms with Crippen LogP contribution in [0.1, 0.15) is 28.5 Å². The molecule has 5 nitrogen and oxygen atoms in total. The molecule has 1 aliphatic rings. The Hall–Kier alpha value is -2.01. The van der Waals surface area contributed by atoms with Crippen LogP contribution < -0.4 is 10.2 Å². The van der Waals surface area contributed by atoms with Gasteiger partial charge in [-0.25, -0.2) is 0 Å². The molecule has 1 N–H and O–H groups in total. The van der Waals surface area contributed by atoms with Gasteiger partial charge in [0.15, 0.2) is 0 Å². The quantitative estimate of drug-likeness (QED) is 0.936. The van der Waals surface area contributed by atoms with E-state index < -0.39 is 0 Å². The lowest BCUT2D eigenvalue weighted by Crippen LogP contribution is -2.41. The second-order valence-electron chi connectivity index (χ2n) is 6.01. The van der Waals surface area contributed by atoms with Gasteiger partial charge in [0.25, 0.3) is 5.91 Å². The van der Waals surface area contributed by atoms with Crippen LogP contribution in [0.5, 0.6) is 0 Å². The van der Waals surface area contributed by atoms with E-state index in [2.05, 4.69) is 46.5 Å². The van der Waals surface area contributed by atoms with Crippen molar-refractivity contribution in [3.63, 3.8) is 0 Å². The third-order valence-electron chi connectivity index (χ3n) is 4.39. The molecule has 2 aromatic rings. The number of para-hydroxylation sites is 1. The number of benzene rings is 1. The number of aromatic nitrogens is 2. The molecule has 1 aromatic carbocycles. The van der Waals surface area contributed by atoms with Gasteiger partial charge in [0, 0.05) is 31.9 Å². The molecule has 1 atom stereocenters. The smallest absolute Gasteiger partial charge is 0.256 e. The van der Waals surface area contributed by atoms with Crippen LogP contribution in [0.2, 0.25) is 5.15 Å². The number of hydrogen-bond donors (Lipinski definition) is 1. The maximum absolute atomic E-state index is 12.4. The van der Waals surface area contributed by atoms with Gasteiger partial charge in [-0.15, -0.1) is 0 Å². The molecular formula is C17H21ClN4O. The number of nitrogens with zero attached hydrogens (tertiary/aromatic N) is 3. The molecule has 6 heteroatoms. The van der Waals surface area contributed by atoms with Crippen LogP contribution in [0.25, 0.3) is 0 Å². The summed E-state index contributed by atoms with van der Waals surface area (Å²) in [5.41, 5.74) is 3.75. The number of halogens is 1. The fraction of sp³-hybridized carbons (Fsp3) is 0.412. The molecule has 3 rings (SSSR count). The molecule has 0 spiro atoms. The zero-order chi connectivity index (χ0) is 16.6. The predicted octanol–water partition coefficient (Wildman–Crippen LogP) is 2.56. The van der Waals surface area contributed by atoms with Crippen molar-refractivity contribution >= 4 is 23.2 Å². The zero-order valence-corrected chi connectivity index (χ0v) is 14.4. The summed E-state index contributed by atoms with van der Waals surface area (Å²) in [5, 5.41) is 7.54. The molecule has 0 saturated heterocycles. The molecule has 23 heavy (non-hydrogen) atoms. The number of aryl methyl sites for hydroxylation is 2. The van der Waals surface area contributed by atoms with Crippen molar-refractivity contribution in [1.29, 1.82) is 0 Å². The van der Waals surface area contributed by atoms with Gasteiger partial charge in [-0.05, 0) is 31.9 Å². The monoisotopic (exact) mass is 332 g/mol. The lowest BCUT2D eigenvalue weighted by Gasteiger charge is -2.27. The zero-order valence-electron chi connectivity index (χ0n) is 13.6. The topological polar surface area (TPSA) is 50.2 Å². The predicted molar refractivity (Wildman–Crippen MR) is 92.2 cm³/mol. The minimum Gasteiger partial charge on any atom is -0.366 e. The molecule has 0 fully saturated rings. The van der Waals surface area contributed by atoms with E-state index in [1.54, 1.807) is 14.0 Å². The first kappa shape index (κ1) is 15.9. The van der Waals surface area contributed by atoms with Gasteiger partial charge in [0.05, 0.1) is 11.3 Å². The van der Waals surface area contributed by atoms with Crippen LogP contribution in [0.15, 0.2) is 24.3 Å². The van der Waals surface area contributed by atoms with Gasteiger partial charge in [0.1, 0.15) is 5.15 Å². The molecule has 1 aliphatic heterocycles. The van der Waals surface area contributed by atoms with E-state index in [9.17, 15) is 4.79 Å². The highest BCUT2D eigenvalue weighted by Gasteiger charge is 2.24. The Morgan fingerprint density at radius 1 is 1.43 bits per heavy atom. The van der Waals surface area contributed by atoms with Crippen LogP contribution >= 0.6 is 11.6 Å². The number of nitrogens with one attached hydrogen (secondary N) is 1. The van der Waals surface area contributed by atoms with Crippen LogP contribution in [-0.4, -0.2) is 34.8 Å². The summed E-state index contributed by atoms with van der Waals surface area (Å²) in [6.07, 6.45) is 1.06. The maximum Gasteiger partial charge on any atom is 0.256 e. The number of carbonyl (C=O) groups is 1. The summed E-state index contributed by atoms with van der Waals surface area (Å²) in [4.78, 5) is 14.7. The second-order valence-corrected chi connectivity index (χ2v) is 6.36. The van der Waals surface area contributed by atoms with Crippen molar-refractivity contribution < 1.29 is 4.79 Å². The average molecular weight is 333 g/mol. The molecule has 122 valence electrons. The summed E-state index contributed by atoms with van der Waals surface area (Å²) in [7, 11) is 1.73. The summed E-state index contributed by atoms with van der Waals surface area (Å²) >= 11 is 6.15. The molecule has 1 amide bonds. The third kappa shape index (κ3) is 2.93. The van der Waals surface area contributed by atoms with E-state index in [-0.39, 0.29) is 11.9 Å². The number of carbonyl (C=O) groups excluding carboxylic acids is 1. The van der Waals surface area contributed by atoms with E-state index in [1.165, 1.54) is 15.9 Å². The van der Waals surface area contributed by atoms with Crippen LogP contribution in [0, 0.1) is 6.92 Å². The van der Waals surface area contributed by atoms with Gasteiger partial charge < -0.3 is 10.2 Å². The Morgan fingerprint density at radius 2 is 2.17 bits per heavy atom. The van der Waals surface area contributed by atoms with E-state index in [1.807, 2.05) is 0 Å². The minimum atomic E-state index is -0.167. The average Bonchev–Trinajstić information content (AvgIpc) is 3.06. The first-order chi connectivity index (χ1) is 11.0. The van der Waals surface area contributed by atoms with Gasteiger partial charge in [-0.1, -0.05) is 29.8 Å². The Bertz CT molecular complexity index is 740. The highest BCUT2D eigenvalue weighted by Crippen LogP contribution is 2.29. The SMILES string of the molecule is Cc1nn(C)c(Cl)c1C(=O)NC[C@H](C)N1CCc2ccccc21. The Labute approximate surface area is 141 Å². The fourth-order valence-electron chi connectivity index (χ4n) is 3.15. The minimum absolute atomic E-state index is 0.167. The van der Waals surface area contributed by atoms with Gasteiger partial charge in [0.2, 0.25) is 0 Å². The normalized spacial score (nSPS) is 14.7. The first-order valence-electron chi connectivity index (χ1n) is 7.81. The molecule has 2 heterocycles. The lowest BCUT2D eigenvalue weighted by molar-refractivity contribution is 0.0951. The highest BCUT2D eigenvalue weighted by molar-refractivity contribution is 6.33. The molecule has 0 unspecified atom stereocenters. The summed E-state index contributed by atoms with van der Waals surface area (Å²) < 4.78 is 1.52. The van der Waals surface area contributed by atoms with Crippen LogP contribution in [-0.2, 0) is 13.5 Å². The molecule has 0 radical (unpaired) electrons. The van der Waals surface area contributed by atoms with Gasteiger partial charge in [-0.2, -0.15) is 5.10 Å². The number of amides is 1. The summed E-state index contributed by atoms with van der Waals surface area (Å²) in [5.74, 6) is -0.167. The fourth-order valence-corrected chi connectivity index (χ4v) is 3.41.